The summed E-state index contributed by atoms with van der Waals surface area (Å²) in [4.78, 5) is 37.8. The number of nitrogens with zero attached hydrogens (tertiary/aromatic N) is 4. The van der Waals surface area contributed by atoms with Crippen molar-refractivity contribution in [3.63, 3.8) is 0 Å². The molecule has 2 amide bonds. The van der Waals surface area contributed by atoms with E-state index >= 15 is 0 Å². The van der Waals surface area contributed by atoms with Crippen LogP contribution in [0.25, 0.3) is 10.9 Å². The highest BCUT2D eigenvalue weighted by molar-refractivity contribution is 7.90. The largest absolute Gasteiger partial charge is 0.449 e. The second-order valence-corrected chi connectivity index (χ2v) is 15.6. The number of thiazole rings is 1. The molecule has 2 N–H and O–H groups in total. The van der Waals surface area contributed by atoms with Crippen LogP contribution in [-0.2, 0) is 37.7 Å². The van der Waals surface area contributed by atoms with Crippen LogP contribution in [0, 0.1) is 12.3 Å². The van der Waals surface area contributed by atoms with Crippen LogP contribution >= 0.6 is 11.3 Å². The molecule has 3 aromatic rings. The minimum absolute atomic E-state index is 0.0507. The number of likely N-dealkylation sites (N-methyl/N-ethyl adjacent to an activating group) is 1. The summed E-state index contributed by atoms with van der Waals surface area (Å²) in [6.07, 6.45) is 6.36. The van der Waals surface area contributed by atoms with Crippen molar-refractivity contribution in [2.45, 2.75) is 43.8 Å². The molecule has 236 valence electrons. The zero-order valence-corrected chi connectivity index (χ0v) is 26.9. The lowest BCUT2D eigenvalue weighted by atomic mass is 10.2. The lowest BCUT2D eigenvalue weighted by Crippen LogP contribution is -2.59. The summed E-state index contributed by atoms with van der Waals surface area (Å²) in [6.45, 7) is 2.93. The minimum atomic E-state index is -4.33. The number of sulfonamides is 2. The minimum Gasteiger partial charge on any atom is -0.449 e. The van der Waals surface area contributed by atoms with Gasteiger partial charge in [0.25, 0.3) is 15.9 Å². The number of benzene rings is 1. The van der Waals surface area contributed by atoms with Gasteiger partial charge >= 0.3 is 6.09 Å². The van der Waals surface area contributed by atoms with Gasteiger partial charge in [0.05, 0.1) is 24.1 Å². The van der Waals surface area contributed by atoms with Gasteiger partial charge in [0, 0.05) is 60.5 Å². The van der Waals surface area contributed by atoms with Crippen molar-refractivity contribution in [3.8, 4) is 12.3 Å². The van der Waals surface area contributed by atoms with Crippen LogP contribution in [0.15, 0.2) is 29.3 Å². The first-order valence-electron chi connectivity index (χ1n) is 14.1. The van der Waals surface area contributed by atoms with E-state index in [4.69, 9.17) is 11.2 Å². The number of piperazine rings is 1. The van der Waals surface area contributed by atoms with E-state index in [1.165, 1.54) is 22.3 Å². The van der Waals surface area contributed by atoms with Crippen molar-refractivity contribution in [3.05, 3.63) is 45.4 Å². The van der Waals surface area contributed by atoms with Gasteiger partial charge in [-0.3, -0.25) is 4.79 Å². The maximum Gasteiger partial charge on any atom is 0.420 e. The van der Waals surface area contributed by atoms with Crippen molar-refractivity contribution in [1.82, 2.24) is 28.8 Å². The van der Waals surface area contributed by atoms with Gasteiger partial charge in [0.1, 0.15) is 5.03 Å². The zero-order valence-electron chi connectivity index (χ0n) is 24.4. The van der Waals surface area contributed by atoms with Gasteiger partial charge < -0.3 is 19.5 Å². The summed E-state index contributed by atoms with van der Waals surface area (Å²) in [6, 6.07) is 5.42. The molecule has 2 aliphatic rings. The maximum absolute atomic E-state index is 13.8. The van der Waals surface area contributed by atoms with E-state index in [1.807, 2.05) is 18.7 Å². The molecule has 4 heterocycles. The van der Waals surface area contributed by atoms with Crippen LogP contribution in [0.3, 0.4) is 0 Å². The van der Waals surface area contributed by atoms with Gasteiger partial charge in [-0.25, -0.2) is 31.3 Å². The molecular weight excluding hydrogens is 629 g/mol. The third-order valence-corrected chi connectivity index (χ3v) is 11.7. The van der Waals surface area contributed by atoms with Gasteiger partial charge in [0.15, 0.2) is 5.01 Å². The highest BCUT2D eigenvalue weighted by Crippen LogP contribution is 2.29. The lowest BCUT2D eigenvalue weighted by Gasteiger charge is -2.40. The summed E-state index contributed by atoms with van der Waals surface area (Å²) in [5.41, 5.74) is 2.00. The van der Waals surface area contributed by atoms with Gasteiger partial charge in [-0.1, -0.05) is 19.3 Å². The number of aromatic nitrogens is 2. The molecule has 1 saturated heterocycles. The van der Waals surface area contributed by atoms with E-state index in [2.05, 4.69) is 20.8 Å². The summed E-state index contributed by atoms with van der Waals surface area (Å²) in [5.74, 6) is 1.31. The Hall–Kier alpha value is -3.49. The van der Waals surface area contributed by atoms with Crippen LogP contribution in [0.4, 0.5) is 4.79 Å². The first-order valence-corrected chi connectivity index (χ1v) is 18.1. The Balaban J connectivity index is 1.41. The Morgan fingerprint density at radius 1 is 1.20 bits per heavy atom. The summed E-state index contributed by atoms with van der Waals surface area (Å²) in [5, 5.41) is 0.740. The number of rotatable bonds is 9. The van der Waals surface area contributed by atoms with E-state index in [9.17, 15) is 26.4 Å². The second kappa shape index (κ2) is 12.9. The summed E-state index contributed by atoms with van der Waals surface area (Å²) < 4.78 is 61.7. The Bertz CT molecular complexity index is 1830. The van der Waals surface area contributed by atoms with Gasteiger partial charge in [-0.2, -0.15) is 4.31 Å². The topological polar surface area (TPSA) is 162 Å². The van der Waals surface area contributed by atoms with Gasteiger partial charge in [-0.05, 0) is 37.7 Å². The predicted molar refractivity (Wildman–Crippen MR) is 165 cm³/mol. The van der Waals surface area contributed by atoms with Crippen molar-refractivity contribution < 1.29 is 31.2 Å². The van der Waals surface area contributed by atoms with Crippen LogP contribution in [0.2, 0.25) is 0 Å². The van der Waals surface area contributed by atoms with E-state index in [0.717, 1.165) is 27.8 Å². The summed E-state index contributed by atoms with van der Waals surface area (Å²) in [7, 11) is -6.48. The number of carbonyl (C=O) groups excluding carboxylic acids is 2. The Kier molecular flexibility index (Phi) is 9.33. The van der Waals surface area contributed by atoms with E-state index < -0.39 is 43.8 Å². The number of aromatic amines is 1. The molecule has 0 bridgehead atoms. The lowest BCUT2D eigenvalue weighted by molar-refractivity contribution is 0.0594. The smallest absolute Gasteiger partial charge is 0.420 e. The molecule has 13 nitrogen and oxygen atoms in total. The first kappa shape index (κ1) is 31.9. The zero-order chi connectivity index (χ0) is 31.6. The second-order valence-electron chi connectivity index (χ2n) is 10.8. The standard InChI is InChI=1S/C28H34N6O7S3/c1-4-6-13-41-28(36)31-43(37,38)18-21-16-33(44(39,40)25-15-20-14-19(5-2)7-8-22(20)29-25)11-12-34(21)27(35)26-30-23-9-10-32(3)17-24(23)42-26/h2,7-8,14-15,21,29H,4,6,9-13,16-18H2,1,3H3,(H,31,36). The SMILES string of the molecule is C#Cc1ccc2[nH]c(S(=O)(=O)N3CCN(C(=O)c4nc5c(s4)CN(C)CC5)C(CS(=O)(=O)NC(=O)OCCCC)C3)cc2c1. The number of carbonyl (C=O) groups is 2. The van der Waals surface area contributed by atoms with Crippen molar-refractivity contribution >= 4 is 54.3 Å². The fourth-order valence-electron chi connectivity index (χ4n) is 5.23. The molecule has 0 aliphatic carbocycles. The Morgan fingerprint density at radius 3 is 2.75 bits per heavy atom. The van der Waals surface area contributed by atoms with E-state index in [1.54, 1.807) is 18.2 Å². The fraction of sp³-hybridized carbons (Fsp3) is 0.464. The molecule has 0 spiro atoms. The number of ether oxygens (including phenoxy) is 1. The molecule has 1 fully saturated rings. The van der Waals surface area contributed by atoms with Crippen LogP contribution in [-0.4, -0.2) is 105 Å². The third kappa shape index (κ3) is 6.92. The number of fused-ring (bicyclic) bond motifs is 2. The predicted octanol–water partition coefficient (Wildman–Crippen LogP) is 1.97. The number of H-pyrrole nitrogens is 1. The number of unbranched alkanes of at least 4 members (excludes halogenated alkanes) is 1. The number of hydrogen-bond acceptors (Lipinski definition) is 10. The monoisotopic (exact) mass is 662 g/mol. The van der Waals surface area contributed by atoms with Gasteiger partial charge in [0.2, 0.25) is 10.0 Å². The molecule has 16 heteroatoms. The van der Waals surface area contributed by atoms with Crippen molar-refractivity contribution in [2.24, 2.45) is 0 Å². The molecule has 0 saturated carbocycles. The number of nitrogens with one attached hydrogen (secondary N) is 2. The number of terminal acetylenes is 1. The van der Waals surface area contributed by atoms with E-state index in [-0.39, 0.29) is 36.3 Å². The van der Waals surface area contributed by atoms with Crippen LogP contribution in [0.5, 0.6) is 0 Å². The molecule has 1 atom stereocenters. The van der Waals surface area contributed by atoms with Crippen molar-refractivity contribution in [1.29, 1.82) is 0 Å². The molecule has 0 radical (unpaired) electrons. The van der Waals surface area contributed by atoms with Crippen LogP contribution < -0.4 is 4.72 Å². The average molecular weight is 663 g/mol. The van der Waals surface area contributed by atoms with Gasteiger partial charge in [-0.15, -0.1) is 17.8 Å². The van der Waals surface area contributed by atoms with E-state index in [0.29, 0.717) is 35.9 Å². The summed E-state index contributed by atoms with van der Waals surface area (Å²) >= 11 is 1.26. The highest BCUT2D eigenvalue weighted by Gasteiger charge is 2.40. The molecule has 44 heavy (non-hydrogen) atoms. The Morgan fingerprint density at radius 2 is 2.00 bits per heavy atom. The average Bonchev–Trinajstić information content (AvgIpc) is 3.60. The van der Waals surface area contributed by atoms with Crippen LogP contribution in [0.1, 0.15) is 45.7 Å². The van der Waals surface area contributed by atoms with Crippen molar-refractivity contribution in [2.75, 3.05) is 45.6 Å². The Labute approximate surface area is 260 Å². The molecule has 1 unspecified atom stereocenters. The fourth-order valence-corrected chi connectivity index (χ4v) is 9.04. The molecule has 2 aromatic heterocycles. The first-order chi connectivity index (χ1) is 20.9. The number of hydrogen-bond donors (Lipinski definition) is 2. The molecule has 5 rings (SSSR count). The highest BCUT2D eigenvalue weighted by atomic mass is 32.2. The quantitative estimate of drug-likeness (QED) is 0.258. The number of amides is 2. The molecular formula is C28H34N6O7S3. The molecule has 2 aliphatic heterocycles. The molecule has 1 aromatic carbocycles. The normalized spacial score (nSPS) is 18.1. The maximum atomic E-state index is 13.8. The third-order valence-electron chi connectivity index (χ3n) is 7.57.